The zero-order valence-electron chi connectivity index (χ0n) is 27.4. The number of hydrogen-bond donors (Lipinski definition) is 3. The SMILES string of the molecule is C#C.C/C(F)=C(Cl)\C=C(/C[C@@H]1CNC[C@@H]1c1ccc(F)c(Cl)c1)NC=O.CC.CC(C)(C)C.CCC1CCCC1.NC=O. The molecule has 0 unspecified atom stereocenters. The number of amides is 2. The molecule has 0 spiro atoms. The molecule has 43 heavy (non-hydrogen) atoms. The molecule has 2 fully saturated rings. The van der Waals surface area contributed by atoms with Gasteiger partial charge in [0.2, 0.25) is 12.8 Å². The van der Waals surface area contributed by atoms with E-state index in [2.05, 4.69) is 63.8 Å². The van der Waals surface area contributed by atoms with Gasteiger partial charge in [0.25, 0.3) is 0 Å². The number of terminal acetylenes is 1. The maximum Gasteiger partial charge on any atom is 0.211 e. The minimum atomic E-state index is -0.520. The molecule has 1 saturated carbocycles. The lowest BCUT2D eigenvalue weighted by Gasteiger charge is -2.20. The van der Waals surface area contributed by atoms with Gasteiger partial charge in [-0.05, 0) is 60.9 Å². The Labute approximate surface area is 270 Å². The Kier molecular flexibility index (Phi) is 28.5. The number of nitrogens with one attached hydrogen (secondary N) is 2. The Morgan fingerprint density at radius 3 is 2.05 bits per heavy atom. The monoisotopic (exact) mass is 645 g/mol. The predicted molar refractivity (Wildman–Crippen MR) is 181 cm³/mol. The van der Waals surface area contributed by atoms with E-state index in [9.17, 15) is 13.6 Å². The summed E-state index contributed by atoms with van der Waals surface area (Å²) < 4.78 is 26.5. The first-order chi connectivity index (χ1) is 20.3. The van der Waals surface area contributed by atoms with Crippen molar-refractivity contribution in [2.45, 2.75) is 99.8 Å². The number of rotatable bonds is 7. The molecule has 2 atom stereocenters. The topological polar surface area (TPSA) is 84.2 Å². The van der Waals surface area contributed by atoms with Crippen molar-refractivity contribution in [3.63, 3.8) is 0 Å². The summed E-state index contributed by atoms with van der Waals surface area (Å²) in [5, 5.41) is 5.88. The van der Waals surface area contributed by atoms with E-state index in [1.807, 2.05) is 13.8 Å². The highest BCUT2D eigenvalue weighted by Gasteiger charge is 2.29. The van der Waals surface area contributed by atoms with Crippen molar-refractivity contribution < 1.29 is 18.4 Å². The first-order valence-electron chi connectivity index (χ1n) is 14.8. The third kappa shape index (κ3) is 23.7. The second-order valence-corrected chi connectivity index (χ2v) is 12.2. The van der Waals surface area contributed by atoms with E-state index in [0.717, 1.165) is 11.5 Å². The number of hydrogen-bond acceptors (Lipinski definition) is 3. The van der Waals surface area contributed by atoms with Crippen LogP contribution in [0, 0.1) is 35.9 Å². The summed E-state index contributed by atoms with van der Waals surface area (Å²) in [6.07, 6.45) is 18.1. The highest BCUT2D eigenvalue weighted by atomic mass is 35.5. The summed E-state index contributed by atoms with van der Waals surface area (Å²) in [7, 11) is 0. The van der Waals surface area contributed by atoms with Crippen LogP contribution in [-0.4, -0.2) is 25.9 Å². The highest BCUT2D eigenvalue weighted by molar-refractivity contribution is 6.31. The van der Waals surface area contributed by atoms with Crippen LogP contribution in [0.15, 0.2) is 40.8 Å². The minimum absolute atomic E-state index is 0.0494. The van der Waals surface area contributed by atoms with Crippen LogP contribution < -0.4 is 16.4 Å². The minimum Gasteiger partial charge on any atom is -0.372 e. The number of nitrogens with two attached hydrogens (primary N) is 1. The van der Waals surface area contributed by atoms with Crippen molar-refractivity contribution >= 4 is 36.0 Å². The summed E-state index contributed by atoms with van der Waals surface area (Å²) in [4.78, 5) is 19.4. The highest BCUT2D eigenvalue weighted by Crippen LogP contribution is 2.34. The smallest absolute Gasteiger partial charge is 0.211 e. The third-order valence-electron chi connectivity index (χ3n) is 6.12. The van der Waals surface area contributed by atoms with Crippen LogP contribution >= 0.6 is 23.2 Å². The van der Waals surface area contributed by atoms with Gasteiger partial charge in [-0.25, -0.2) is 8.78 Å². The molecular weight excluding hydrogens is 591 g/mol. The van der Waals surface area contributed by atoms with Crippen molar-refractivity contribution in [3.8, 4) is 12.8 Å². The molecule has 4 N–H and O–H groups in total. The van der Waals surface area contributed by atoms with E-state index in [0.29, 0.717) is 37.0 Å². The number of carbonyl (C=O) groups excluding carboxylic acids is 2. The molecule has 0 aromatic heterocycles. The van der Waals surface area contributed by atoms with E-state index in [4.69, 9.17) is 28.0 Å². The largest absolute Gasteiger partial charge is 0.372 e. The molecular formula is C34H55Cl2F2N3O2. The van der Waals surface area contributed by atoms with Gasteiger partial charge in [-0.3, -0.25) is 9.59 Å². The zero-order chi connectivity index (χ0) is 34.0. The first-order valence-corrected chi connectivity index (χ1v) is 15.6. The van der Waals surface area contributed by atoms with Crippen LogP contribution in [-0.2, 0) is 9.59 Å². The molecule has 0 radical (unpaired) electrons. The van der Waals surface area contributed by atoms with Crippen LogP contribution in [0.4, 0.5) is 8.78 Å². The molecule has 1 aromatic rings. The Balaban J connectivity index is -0.000000686. The molecule has 2 amide bonds. The average Bonchev–Trinajstić information content (AvgIpc) is 3.65. The number of carbonyl (C=O) groups is 2. The molecule has 246 valence electrons. The Hall–Kier alpha value is -2.40. The summed E-state index contributed by atoms with van der Waals surface area (Å²) in [6, 6.07) is 4.68. The fraction of sp³-hybridized carbons (Fsp3) is 0.588. The molecule has 0 bridgehead atoms. The van der Waals surface area contributed by atoms with Gasteiger partial charge in [0.05, 0.1) is 10.1 Å². The van der Waals surface area contributed by atoms with Crippen molar-refractivity contribution in [1.29, 1.82) is 0 Å². The number of primary amides is 1. The number of benzene rings is 1. The molecule has 9 heteroatoms. The quantitative estimate of drug-likeness (QED) is 0.157. The van der Waals surface area contributed by atoms with Gasteiger partial charge in [-0.1, -0.05) is 110 Å². The van der Waals surface area contributed by atoms with E-state index in [-0.39, 0.29) is 28.3 Å². The second-order valence-electron chi connectivity index (χ2n) is 11.4. The molecule has 1 aliphatic carbocycles. The zero-order valence-corrected chi connectivity index (χ0v) is 28.9. The van der Waals surface area contributed by atoms with Gasteiger partial charge in [-0.15, -0.1) is 12.8 Å². The van der Waals surface area contributed by atoms with Gasteiger partial charge < -0.3 is 16.4 Å². The Morgan fingerprint density at radius 2 is 1.65 bits per heavy atom. The summed E-state index contributed by atoms with van der Waals surface area (Å²) in [6.45, 7) is 17.7. The Morgan fingerprint density at radius 1 is 1.14 bits per heavy atom. The van der Waals surface area contributed by atoms with E-state index in [1.54, 1.807) is 12.1 Å². The maximum atomic E-state index is 13.4. The fourth-order valence-corrected chi connectivity index (χ4v) is 4.59. The average molecular weight is 647 g/mol. The first kappa shape index (κ1) is 45.0. The van der Waals surface area contributed by atoms with Gasteiger partial charge in [0, 0.05) is 18.2 Å². The summed E-state index contributed by atoms with van der Waals surface area (Å²) >= 11 is 11.7. The van der Waals surface area contributed by atoms with E-state index >= 15 is 0 Å². The lowest BCUT2D eigenvalue weighted by Crippen LogP contribution is -2.18. The third-order valence-corrected chi connectivity index (χ3v) is 6.78. The molecule has 3 rings (SSSR count). The van der Waals surface area contributed by atoms with Crippen molar-refractivity contribution in [2.24, 2.45) is 23.0 Å². The number of allylic oxidation sites excluding steroid dienone is 4. The van der Waals surface area contributed by atoms with Crippen LogP contribution in [0.3, 0.4) is 0 Å². The maximum absolute atomic E-state index is 13.4. The van der Waals surface area contributed by atoms with Crippen molar-refractivity contribution in [1.82, 2.24) is 10.6 Å². The molecule has 1 aliphatic heterocycles. The van der Waals surface area contributed by atoms with E-state index < -0.39 is 11.6 Å². The van der Waals surface area contributed by atoms with Gasteiger partial charge >= 0.3 is 0 Å². The number of halogens is 4. The lowest BCUT2D eigenvalue weighted by molar-refractivity contribution is -0.109. The van der Waals surface area contributed by atoms with Crippen LogP contribution in [0.25, 0.3) is 0 Å². The van der Waals surface area contributed by atoms with Crippen LogP contribution in [0.5, 0.6) is 0 Å². The molecule has 1 heterocycles. The van der Waals surface area contributed by atoms with E-state index in [1.165, 1.54) is 51.2 Å². The summed E-state index contributed by atoms with van der Waals surface area (Å²) in [5.74, 6) is 0.360. The molecule has 1 aromatic carbocycles. The van der Waals surface area contributed by atoms with Crippen molar-refractivity contribution in [2.75, 3.05) is 13.1 Å². The van der Waals surface area contributed by atoms with Crippen LogP contribution in [0.1, 0.15) is 105 Å². The molecule has 5 nitrogen and oxygen atoms in total. The molecule has 1 saturated heterocycles. The van der Waals surface area contributed by atoms with Crippen LogP contribution in [0.2, 0.25) is 5.02 Å². The summed E-state index contributed by atoms with van der Waals surface area (Å²) in [5.41, 5.74) is 6.11. The second kappa shape index (κ2) is 27.2. The van der Waals surface area contributed by atoms with Gasteiger partial charge in [-0.2, -0.15) is 0 Å². The Bertz CT molecular complexity index is 960. The normalized spacial score (nSPS) is 18.1. The van der Waals surface area contributed by atoms with Gasteiger partial charge in [0.15, 0.2) is 0 Å². The lowest BCUT2D eigenvalue weighted by atomic mass is 9.86. The van der Waals surface area contributed by atoms with Gasteiger partial charge in [0.1, 0.15) is 11.6 Å². The standard InChI is InChI=1S/C17H18Cl2F2N2O.C7H14.C5H12.C2H6.C2H2.CH3NO/c1-10(20)15(18)6-13(23-9-24)4-12-7-22-8-14(12)11-2-3-17(21)16(19)5-11;1-2-7-5-3-4-6-7;1-5(2,3)4;2*1-2;2-1-3/h2-3,5-6,9,12,14,22H,4,7-8H2,1H3,(H,23,24);7H,2-6H2,1H3;1-4H3;1-2H3;1-2H;1H,(H2,2,3)/b13-6+,15-10-;;;;;/t12-,14-;;;;;/m1...../s1. The van der Waals surface area contributed by atoms with Crippen molar-refractivity contribution in [3.05, 3.63) is 57.2 Å². The molecule has 2 aliphatic rings. The fourth-order valence-electron chi connectivity index (χ4n) is 4.27. The predicted octanol–water partition coefficient (Wildman–Crippen LogP) is 9.26.